The van der Waals surface area contributed by atoms with Crippen molar-refractivity contribution in [3.63, 3.8) is 0 Å². The van der Waals surface area contributed by atoms with Gasteiger partial charge in [-0.05, 0) is 26.8 Å². The van der Waals surface area contributed by atoms with E-state index in [0.29, 0.717) is 18.8 Å². The van der Waals surface area contributed by atoms with Crippen LogP contribution in [0.3, 0.4) is 0 Å². The van der Waals surface area contributed by atoms with Gasteiger partial charge in [-0.2, -0.15) is 17.4 Å². The third-order valence-corrected chi connectivity index (χ3v) is 5.20. The number of piperidine rings is 1. The molecule has 1 unspecified atom stereocenters. The zero-order chi connectivity index (χ0) is 15.3. The van der Waals surface area contributed by atoms with Crippen molar-refractivity contribution in [2.75, 3.05) is 20.1 Å². The van der Waals surface area contributed by atoms with Crippen molar-refractivity contribution in [3.05, 3.63) is 23.8 Å². The number of likely N-dealkylation sites (N-methyl/N-ethyl adjacent to an activating group) is 1. The van der Waals surface area contributed by atoms with Crippen molar-refractivity contribution in [1.29, 1.82) is 0 Å². The first-order valence-corrected chi connectivity index (χ1v) is 8.65. The van der Waals surface area contributed by atoms with Crippen LogP contribution in [0.25, 0.3) is 0 Å². The summed E-state index contributed by atoms with van der Waals surface area (Å²) in [5, 5.41) is 3.06. The molecule has 1 fully saturated rings. The Morgan fingerprint density at radius 1 is 1.33 bits per heavy atom. The van der Waals surface area contributed by atoms with E-state index < -0.39 is 10.2 Å². The highest BCUT2D eigenvalue weighted by Crippen LogP contribution is 2.19. The van der Waals surface area contributed by atoms with Gasteiger partial charge in [0.05, 0.1) is 24.1 Å². The molecule has 0 saturated carbocycles. The van der Waals surface area contributed by atoms with Crippen LogP contribution >= 0.6 is 0 Å². The van der Waals surface area contributed by atoms with E-state index in [1.165, 1.54) is 0 Å². The summed E-state index contributed by atoms with van der Waals surface area (Å²) in [6, 6.07) is 0.0188. The van der Waals surface area contributed by atoms with E-state index in [1.807, 2.05) is 14.0 Å². The van der Waals surface area contributed by atoms with Crippen LogP contribution in [0.5, 0.6) is 0 Å². The molecular weight excluding hydrogens is 290 g/mol. The lowest BCUT2D eigenvalue weighted by Crippen LogP contribution is -2.51. The first kappa shape index (κ1) is 16.3. The zero-order valence-corrected chi connectivity index (χ0v) is 13.4. The normalized spacial score (nSPS) is 20.6. The van der Waals surface area contributed by atoms with E-state index in [4.69, 9.17) is 0 Å². The summed E-state index contributed by atoms with van der Waals surface area (Å²) in [6.07, 6.45) is 6.10. The van der Waals surface area contributed by atoms with E-state index in [1.54, 1.807) is 16.7 Å². The summed E-state index contributed by atoms with van der Waals surface area (Å²) in [5.41, 5.74) is 1.43. The Morgan fingerprint density at radius 3 is 2.81 bits per heavy atom. The molecule has 0 amide bonds. The van der Waals surface area contributed by atoms with Crippen molar-refractivity contribution in [2.45, 2.75) is 38.8 Å². The summed E-state index contributed by atoms with van der Waals surface area (Å²) in [5.74, 6) is 0. The first-order valence-electron chi connectivity index (χ1n) is 7.21. The minimum absolute atomic E-state index is 0.0188. The van der Waals surface area contributed by atoms with Crippen molar-refractivity contribution in [2.24, 2.45) is 0 Å². The molecular formula is C13H23N5O2S. The fourth-order valence-corrected chi connectivity index (χ4v) is 3.93. The molecule has 2 rings (SSSR count). The molecule has 21 heavy (non-hydrogen) atoms. The van der Waals surface area contributed by atoms with Crippen LogP contribution in [0.2, 0.25) is 0 Å². The quantitative estimate of drug-likeness (QED) is 0.783. The minimum Gasteiger partial charge on any atom is -0.318 e. The Morgan fingerprint density at radius 2 is 2.14 bits per heavy atom. The SMILES string of the molecule is CNCC1CCCCN1S(=O)(=O)NCc1cnc(C)cn1. The number of hydrogen-bond acceptors (Lipinski definition) is 5. The van der Waals surface area contributed by atoms with Gasteiger partial charge in [-0.1, -0.05) is 6.42 Å². The maximum atomic E-state index is 12.4. The Balaban J connectivity index is 2.00. The van der Waals surface area contributed by atoms with E-state index in [0.717, 1.165) is 25.0 Å². The maximum Gasteiger partial charge on any atom is 0.280 e. The molecule has 0 spiro atoms. The number of nitrogens with zero attached hydrogens (tertiary/aromatic N) is 3. The number of nitrogens with one attached hydrogen (secondary N) is 2. The van der Waals surface area contributed by atoms with Crippen LogP contribution in [-0.2, 0) is 16.8 Å². The third kappa shape index (κ3) is 4.44. The molecule has 2 N–H and O–H groups in total. The molecule has 1 aliphatic rings. The topological polar surface area (TPSA) is 87.2 Å². The van der Waals surface area contributed by atoms with Crippen molar-refractivity contribution in [1.82, 2.24) is 24.3 Å². The van der Waals surface area contributed by atoms with Crippen LogP contribution in [0.1, 0.15) is 30.7 Å². The molecule has 0 aliphatic carbocycles. The molecule has 1 saturated heterocycles. The lowest BCUT2D eigenvalue weighted by molar-refractivity contribution is 0.246. The van der Waals surface area contributed by atoms with Crippen molar-refractivity contribution < 1.29 is 8.42 Å². The second kappa shape index (κ2) is 7.26. The first-order chi connectivity index (χ1) is 10.0. The van der Waals surface area contributed by atoms with Gasteiger partial charge in [0.1, 0.15) is 0 Å². The predicted molar refractivity (Wildman–Crippen MR) is 80.8 cm³/mol. The fourth-order valence-electron chi connectivity index (χ4n) is 2.49. The zero-order valence-electron chi connectivity index (χ0n) is 12.5. The summed E-state index contributed by atoms with van der Waals surface area (Å²) >= 11 is 0. The summed E-state index contributed by atoms with van der Waals surface area (Å²) in [7, 11) is -1.65. The van der Waals surface area contributed by atoms with Gasteiger partial charge >= 0.3 is 0 Å². The van der Waals surface area contributed by atoms with E-state index >= 15 is 0 Å². The molecule has 8 heteroatoms. The highest BCUT2D eigenvalue weighted by Gasteiger charge is 2.31. The van der Waals surface area contributed by atoms with Crippen LogP contribution in [0, 0.1) is 6.92 Å². The lowest BCUT2D eigenvalue weighted by atomic mass is 10.1. The molecule has 0 radical (unpaired) electrons. The Bertz CT molecular complexity index is 544. The average Bonchev–Trinajstić information content (AvgIpc) is 2.47. The Labute approximate surface area is 126 Å². The summed E-state index contributed by atoms with van der Waals surface area (Å²) < 4.78 is 29.1. The largest absolute Gasteiger partial charge is 0.318 e. The van der Waals surface area contributed by atoms with Crippen molar-refractivity contribution >= 4 is 10.2 Å². The molecule has 2 heterocycles. The molecule has 1 aliphatic heterocycles. The lowest BCUT2D eigenvalue weighted by Gasteiger charge is -2.34. The van der Waals surface area contributed by atoms with Crippen LogP contribution in [0.15, 0.2) is 12.4 Å². The number of aromatic nitrogens is 2. The third-order valence-electron chi connectivity index (χ3n) is 3.59. The van der Waals surface area contributed by atoms with Gasteiger partial charge in [0, 0.05) is 25.3 Å². The van der Waals surface area contributed by atoms with E-state index in [9.17, 15) is 8.42 Å². The van der Waals surface area contributed by atoms with Crippen molar-refractivity contribution in [3.8, 4) is 0 Å². The molecule has 118 valence electrons. The van der Waals surface area contributed by atoms with Gasteiger partial charge in [-0.3, -0.25) is 9.97 Å². The monoisotopic (exact) mass is 313 g/mol. The molecule has 0 aromatic carbocycles. The standard InChI is InChI=1S/C13H23N5O2S/c1-11-7-16-12(8-15-11)9-17-21(19,20)18-6-4-3-5-13(18)10-14-2/h7-8,13-14,17H,3-6,9-10H2,1-2H3. The summed E-state index contributed by atoms with van der Waals surface area (Å²) in [4.78, 5) is 8.28. The van der Waals surface area contributed by atoms with Gasteiger partial charge in [-0.15, -0.1) is 0 Å². The Kier molecular flexibility index (Phi) is 5.63. The van der Waals surface area contributed by atoms with E-state index in [-0.39, 0.29) is 12.6 Å². The van der Waals surface area contributed by atoms with Crippen LogP contribution < -0.4 is 10.0 Å². The van der Waals surface area contributed by atoms with Gasteiger partial charge in [0.2, 0.25) is 0 Å². The number of rotatable bonds is 6. The van der Waals surface area contributed by atoms with Crippen LogP contribution in [-0.4, -0.2) is 48.9 Å². The number of hydrogen-bond donors (Lipinski definition) is 2. The second-order valence-corrected chi connectivity index (χ2v) is 7.00. The van der Waals surface area contributed by atoms with E-state index in [2.05, 4.69) is 20.0 Å². The fraction of sp³-hybridized carbons (Fsp3) is 0.692. The molecule has 1 aromatic rings. The minimum atomic E-state index is -3.49. The molecule has 1 atom stereocenters. The smallest absolute Gasteiger partial charge is 0.280 e. The van der Waals surface area contributed by atoms with Crippen LogP contribution in [0.4, 0.5) is 0 Å². The molecule has 7 nitrogen and oxygen atoms in total. The van der Waals surface area contributed by atoms with Gasteiger partial charge < -0.3 is 5.32 Å². The predicted octanol–water partition coefficient (Wildman–Crippen LogP) is 0.193. The van der Waals surface area contributed by atoms with Gasteiger partial charge in [0.25, 0.3) is 10.2 Å². The highest BCUT2D eigenvalue weighted by molar-refractivity contribution is 7.87. The van der Waals surface area contributed by atoms with Gasteiger partial charge in [-0.25, -0.2) is 0 Å². The highest BCUT2D eigenvalue weighted by atomic mass is 32.2. The number of aryl methyl sites for hydroxylation is 1. The maximum absolute atomic E-state index is 12.4. The average molecular weight is 313 g/mol. The summed E-state index contributed by atoms with van der Waals surface area (Å²) in [6.45, 7) is 3.25. The molecule has 0 bridgehead atoms. The second-order valence-electron chi connectivity index (χ2n) is 5.29. The Hall–Kier alpha value is -1.09. The van der Waals surface area contributed by atoms with Gasteiger partial charge in [0.15, 0.2) is 0 Å². The molecule has 1 aromatic heterocycles.